The van der Waals surface area contributed by atoms with Crippen molar-refractivity contribution in [1.29, 1.82) is 0 Å². The molecule has 1 aromatic carbocycles. The van der Waals surface area contributed by atoms with E-state index in [9.17, 15) is 0 Å². The fourth-order valence-electron chi connectivity index (χ4n) is 2.23. The number of hydrogen-bond donors (Lipinski definition) is 1. The topological polar surface area (TPSA) is 29.9 Å². The van der Waals surface area contributed by atoms with Gasteiger partial charge in [0.25, 0.3) is 0 Å². The van der Waals surface area contributed by atoms with E-state index < -0.39 is 0 Å². The fraction of sp³-hybridized carbons (Fsp3) is 0.438. The predicted molar refractivity (Wildman–Crippen MR) is 85.1 cm³/mol. The highest BCUT2D eigenvalue weighted by Gasteiger charge is 2.12. The molecule has 1 N–H and O–H groups in total. The maximum atomic E-state index is 6.14. The van der Waals surface area contributed by atoms with Crippen LogP contribution in [0.25, 0.3) is 11.1 Å². The van der Waals surface area contributed by atoms with Crippen LogP contribution in [0.2, 0.25) is 5.02 Å². The van der Waals surface area contributed by atoms with Gasteiger partial charge in [0.15, 0.2) is 0 Å². The summed E-state index contributed by atoms with van der Waals surface area (Å²) in [6.07, 6.45) is 2.11. The number of nitrogens with zero attached hydrogens (tertiary/aromatic N) is 2. The van der Waals surface area contributed by atoms with Crippen LogP contribution in [-0.2, 0) is 13.1 Å². The molecule has 0 atom stereocenters. The number of halogens is 1. The first kappa shape index (κ1) is 15.1. The van der Waals surface area contributed by atoms with Gasteiger partial charge in [-0.1, -0.05) is 31.5 Å². The Morgan fingerprint density at radius 1 is 1.30 bits per heavy atom. The summed E-state index contributed by atoms with van der Waals surface area (Å²) in [6, 6.07) is 6.51. The lowest BCUT2D eigenvalue weighted by atomic mass is 10.00. The third kappa shape index (κ3) is 3.41. The van der Waals surface area contributed by atoms with Crippen LogP contribution in [-0.4, -0.2) is 15.8 Å². The van der Waals surface area contributed by atoms with Crippen molar-refractivity contribution < 1.29 is 0 Å². The second kappa shape index (κ2) is 6.42. The normalized spacial score (nSPS) is 11.3. The quantitative estimate of drug-likeness (QED) is 0.901. The second-order valence-corrected chi connectivity index (χ2v) is 5.76. The van der Waals surface area contributed by atoms with Crippen molar-refractivity contribution in [2.75, 3.05) is 0 Å². The van der Waals surface area contributed by atoms with Crippen LogP contribution in [0.15, 0.2) is 24.4 Å². The van der Waals surface area contributed by atoms with Crippen LogP contribution < -0.4 is 5.32 Å². The van der Waals surface area contributed by atoms with E-state index in [0.29, 0.717) is 6.04 Å². The molecule has 0 saturated heterocycles. The van der Waals surface area contributed by atoms with E-state index in [1.54, 1.807) is 0 Å². The van der Waals surface area contributed by atoms with Gasteiger partial charge in [0.2, 0.25) is 0 Å². The Morgan fingerprint density at radius 3 is 2.65 bits per heavy atom. The molecule has 0 saturated carbocycles. The molecule has 0 unspecified atom stereocenters. The Balaban J connectivity index is 2.41. The molecular formula is C16H22ClN3. The Kier molecular flexibility index (Phi) is 4.84. The van der Waals surface area contributed by atoms with E-state index in [0.717, 1.165) is 23.8 Å². The van der Waals surface area contributed by atoms with E-state index in [1.165, 1.54) is 16.7 Å². The average Bonchev–Trinajstić information content (AvgIpc) is 2.78. The monoisotopic (exact) mass is 291 g/mol. The smallest absolute Gasteiger partial charge is 0.0672 e. The van der Waals surface area contributed by atoms with Crippen molar-refractivity contribution in [2.24, 2.45) is 0 Å². The predicted octanol–water partition coefficient (Wildman–Crippen LogP) is 4.03. The number of nitrogens with one attached hydrogen (secondary N) is 1. The minimum atomic E-state index is 0.446. The molecule has 108 valence electrons. The molecule has 1 aromatic heterocycles. The molecule has 0 aliphatic carbocycles. The molecule has 2 rings (SSSR count). The molecule has 0 fully saturated rings. The largest absolute Gasteiger partial charge is 0.310 e. The van der Waals surface area contributed by atoms with Gasteiger partial charge in [-0.15, -0.1) is 0 Å². The standard InChI is InChI=1S/C16H22ClN3/c1-5-20-10-16(12(4)19-20)15-7-6-14(17)8-13(15)9-18-11(2)3/h6-8,10-11,18H,5,9H2,1-4H3. The Morgan fingerprint density at radius 2 is 2.05 bits per heavy atom. The number of aryl methyl sites for hydroxylation is 2. The van der Waals surface area contributed by atoms with Crippen molar-refractivity contribution in [3.05, 3.63) is 40.7 Å². The number of benzene rings is 1. The third-order valence-electron chi connectivity index (χ3n) is 3.33. The third-order valence-corrected chi connectivity index (χ3v) is 3.56. The van der Waals surface area contributed by atoms with E-state index in [1.807, 2.05) is 16.8 Å². The highest BCUT2D eigenvalue weighted by molar-refractivity contribution is 6.30. The molecule has 3 nitrogen and oxygen atoms in total. The van der Waals surface area contributed by atoms with Gasteiger partial charge in [-0.05, 0) is 37.1 Å². The van der Waals surface area contributed by atoms with E-state index in [-0.39, 0.29) is 0 Å². The summed E-state index contributed by atoms with van der Waals surface area (Å²) in [5, 5.41) is 8.75. The number of rotatable bonds is 5. The van der Waals surface area contributed by atoms with Gasteiger partial charge in [0, 0.05) is 35.9 Å². The van der Waals surface area contributed by atoms with Gasteiger partial charge in [-0.3, -0.25) is 4.68 Å². The first-order chi connectivity index (χ1) is 9.51. The van der Waals surface area contributed by atoms with Crippen molar-refractivity contribution in [3.8, 4) is 11.1 Å². The molecule has 20 heavy (non-hydrogen) atoms. The van der Waals surface area contributed by atoms with Gasteiger partial charge in [-0.2, -0.15) is 5.10 Å². The SMILES string of the molecule is CCn1cc(-c2ccc(Cl)cc2CNC(C)C)c(C)n1. The van der Waals surface area contributed by atoms with E-state index >= 15 is 0 Å². The first-order valence-corrected chi connectivity index (χ1v) is 7.45. The lowest BCUT2D eigenvalue weighted by Gasteiger charge is -2.13. The maximum absolute atomic E-state index is 6.14. The molecule has 0 aliphatic rings. The highest BCUT2D eigenvalue weighted by atomic mass is 35.5. The average molecular weight is 292 g/mol. The second-order valence-electron chi connectivity index (χ2n) is 5.32. The van der Waals surface area contributed by atoms with Gasteiger partial charge in [-0.25, -0.2) is 0 Å². The molecule has 2 aromatic rings. The maximum Gasteiger partial charge on any atom is 0.0672 e. The summed E-state index contributed by atoms with van der Waals surface area (Å²) in [5.74, 6) is 0. The summed E-state index contributed by atoms with van der Waals surface area (Å²) < 4.78 is 1.97. The minimum Gasteiger partial charge on any atom is -0.310 e. The minimum absolute atomic E-state index is 0.446. The Hall–Kier alpha value is -1.32. The molecule has 0 bridgehead atoms. The molecule has 0 radical (unpaired) electrons. The number of hydrogen-bond acceptors (Lipinski definition) is 2. The van der Waals surface area contributed by atoms with Crippen molar-refractivity contribution in [1.82, 2.24) is 15.1 Å². The summed E-state index contributed by atoms with van der Waals surface area (Å²) in [6.45, 7) is 10.1. The van der Waals surface area contributed by atoms with Crippen LogP contribution in [0.4, 0.5) is 0 Å². The molecule has 4 heteroatoms. The lowest BCUT2D eigenvalue weighted by molar-refractivity contribution is 0.589. The summed E-state index contributed by atoms with van der Waals surface area (Å²) in [7, 11) is 0. The van der Waals surface area contributed by atoms with Crippen molar-refractivity contribution >= 4 is 11.6 Å². The zero-order chi connectivity index (χ0) is 14.7. The molecule has 1 heterocycles. The van der Waals surface area contributed by atoms with Crippen LogP contribution in [0.3, 0.4) is 0 Å². The van der Waals surface area contributed by atoms with Crippen molar-refractivity contribution in [3.63, 3.8) is 0 Å². The van der Waals surface area contributed by atoms with Gasteiger partial charge in [0.05, 0.1) is 5.69 Å². The zero-order valence-electron chi connectivity index (χ0n) is 12.6. The summed E-state index contributed by atoms with van der Waals surface area (Å²) in [4.78, 5) is 0. The van der Waals surface area contributed by atoms with Crippen LogP contribution >= 0.6 is 11.6 Å². The number of aromatic nitrogens is 2. The molecular weight excluding hydrogens is 270 g/mol. The van der Waals surface area contributed by atoms with Crippen LogP contribution in [0.5, 0.6) is 0 Å². The molecule has 0 amide bonds. The van der Waals surface area contributed by atoms with E-state index in [2.05, 4.69) is 50.4 Å². The van der Waals surface area contributed by atoms with E-state index in [4.69, 9.17) is 11.6 Å². The van der Waals surface area contributed by atoms with Crippen molar-refractivity contribution in [2.45, 2.75) is 46.8 Å². The van der Waals surface area contributed by atoms with Gasteiger partial charge in [0.1, 0.15) is 0 Å². The fourth-order valence-corrected chi connectivity index (χ4v) is 2.42. The lowest BCUT2D eigenvalue weighted by Crippen LogP contribution is -2.22. The first-order valence-electron chi connectivity index (χ1n) is 7.07. The Bertz CT molecular complexity index is 587. The van der Waals surface area contributed by atoms with Crippen LogP contribution in [0.1, 0.15) is 32.0 Å². The van der Waals surface area contributed by atoms with Gasteiger partial charge < -0.3 is 5.32 Å². The Labute approximate surface area is 126 Å². The highest BCUT2D eigenvalue weighted by Crippen LogP contribution is 2.28. The molecule has 0 aliphatic heterocycles. The van der Waals surface area contributed by atoms with Gasteiger partial charge >= 0.3 is 0 Å². The van der Waals surface area contributed by atoms with Crippen LogP contribution in [0, 0.1) is 6.92 Å². The zero-order valence-corrected chi connectivity index (χ0v) is 13.3. The molecule has 0 spiro atoms. The summed E-state index contributed by atoms with van der Waals surface area (Å²) in [5.41, 5.74) is 4.66. The summed E-state index contributed by atoms with van der Waals surface area (Å²) >= 11 is 6.14.